The van der Waals surface area contributed by atoms with Crippen molar-refractivity contribution in [1.82, 2.24) is 0 Å². The number of aliphatic hydroxyl groups is 1. The Morgan fingerprint density at radius 3 is 0.677 bits per heavy atom. The van der Waals surface area contributed by atoms with Crippen LogP contribution in [0.25, 0.3) is 0 Å². The molecule has 0 heterocycles. The molecule has 0 aliphatic rings. The lowest BCUT2D eigenvalue weighted by atomic mass is 10.0. The summed E-state index contributed by atoms with van der Waals surface area (Å²) in [5, 5.41) is 9.73. The van der Waals surface area contributed by atoms with Gasteiger partial charge in [-0.25, -0.2) is 0 Å². The number of aliphatic hydroxyl groups excluding tert-OH is 1. The summed E-state index contributed by atoms with van der Waals surface area (Å²) in [6.45, 7) is 4.04. The highest BCUT2D eigenvalue weighted by Gasteiger charge is 2.16. The van der Waals surface area contributed by atoms with E-state index < -0.39 is 6.10 Å². The molecule has 0 radical (unpaired) electrons. The Balaban J connectivity index is 3.51. The first-order valence-corrected chi connectivity index (χ1v) is 41.4. The van der Waals surface area contributed by atoms with Crippen molar-refractivity contribution in [3.05, 3.63) is 146 Å². The number of ether oxygens (including phenoxy) is 2. The summed E-state index contributed by atoms with van der Waals surface area (Å²) in [6.07, 6.45) is 128. The molecule has 0 aliphatic heterocycles. The highest BCUT2D eigenvalue weighted by atomic mass is 16.6. The zero-order valence-electron chi connectivity index (χ0n) is 63.4. The van der Waals surface area contributed by atoms with Crippen molar-refractivity contribution < 1.29 is 24.2 Å². The predicted octanol–water partition coefficient (Wildman–Crippen LogP) is 29.6. The van der Waals surface area contributed by atoms with Gasteiger partial charge in [-0.3, -0.25) is 9.59 Å². The van der Waals surface area contributed by atoms with Crippen LogP contribution in [-0.4, -0.2) is 36.4 Å². The maximum absolute atomic E-state index is 12.4. The highest BCUT2D eigenvalue weighted by Crippen LogP contribution is 2.19. The van der Waals surface area contributed by atoms with Crippen LogP contribution in [0.5, 0.6) is 0 Å². The molecule has 0 spiro atoms. The third-order valence-electron chi connectivity index (χ3n) is 18.1. The Morgan fingerprint density at radius 2 is 0.448 bits per heavy atom. The van der Waals surface area contributed by atoms with Gasteiger partial charge in [0.15, 0.2) is 6.10 Å². The average Bonchev–Trinajstić information content (AvgIpc) is 3.79. The average molecular weight is 1330 g/mol. The van der Waals surface area contributed by atoms with Gasteiger partial charge in [-0.2, -0.15) is 0 Å². The van der Waals surface area contributed by atoms with Crippen molar-refractivity contribution in [3.8, 4) is 0 Å². The molecular weight excluding hydrogens is 1170 g/mol. The molecule has 550 valence electrons. The molecule has 1 unspecified atom stereocenters. The third-order valence-corrected chi connectivity index (χ3v) is 18.1. The molecule has 0 aliphatic carbocycles. The number of esters is 2. The molecule has 0 saturated heterocycles. The fourth-order valence-corrected chi connectivity index (χ4v) is 12.0. The fraction of sp³-hybridized carbons (Fsp3) is 0.714. The minimum atomic E-state index is -0.797. The molecule has 96 heavy (non-hydrogen) atoms. The van der Waals surface area contributed by atoms with Gasteiger partial charge in [0.05, 0.1) is 6.61 Å². The van der Waals surface area contributed by atoms with Crippen LogP contribution in [-0.2, 0) is 19.1 Å². The largest absolute Gasteiger partial charge is 0.462 e. The first-order valence-electron chi connectivity index (χ1n) is 41.4. The van der Waals surface area contributed by atoms with Crippen LogP contribution in [0.3, 0.4) is 0 Å². The summed E-state index contributed by atoms with van der Waals surface area (Å²) in [6, 6.07) is 0. The lowest BCUT2D eigenvalue weighted by molar-refractivity contribution is -0.161. The number of allylic oxidation sites excluding steroid dienone is 24. The van der Waals surface area contributed by atoms with Gasteiger partial charge in [0.2, 0.25) is 0 Å². The van der Waals surface area contributed by atoms with Crippen LogP contribution in [0.15, 0.2) is 146 Å². The van der Waals surface area contributed by atoms with Gasteiger partial charge < -0.3 is 14.6 Å². The smallest absolute Gasteiger partial charge is 0.306 e. The second-order valence-corrected chi connectivity index (χ2v) is 27.5. The molecule has 0 aromatic heterocycles. The van der Waals surface area contributed by atoms with Gasteiger partial charge in [0.1, 0.15) is 6.61 Å². The van der Waals surface area contributed by atoms with E-state index in [-0.39, 0.29) is 25.2 Å². The monoisotopic (exact) mass is 1330 g/mol. The summed E-state index contributed by atoms with van der Waals surface area (Å²) >= 11 is 0. The zero-order chi connectivity index (χ0) is 69.0. The second-order valence-electron chi connectivity index (χ2n) is 27.5. The zero-order valence-corrected chi connectivity index (χ0v) is 63.4. The van der Waals surface area contributed by atoms with Gasteiger partial charge in [-0.05, 0) is 103 Å². The third kappa shape index (κ3) is 82.2. The number of hydrogen-bond acceptors (Lipinski definition) is 5. The topological polar surface area (TPSA) is 72.8 Å². The van der Waals surface area contributed by atoms with Crippen molar-refractivity contribution in [1.29, 1.82) is 0 Å². The standard InChI is InChI=1S/C91H156O5/c1-3-5-7-9-11-13-15-17-19-21-23-25-27-29-31-33-35-37-39-41-43-45-47-49-51-53-55-57-59-61-63-65-67-69-71-73-75-77-79-81-83-85-90(93)95-88-89(87-92)96-91(94)86-84-82-80-78-76-74-72-70-68-66-64-62-60-58-56-54-52-50-48-46-44-42-40-38-36-34-32-30-28-26-24-22-20-18-16-14-12-10-8-6-4-2/h6,8,12,14,18,20,24,26,30,32,36,38,42,44,48,50,54,56,60,62,66,68,72,74,89,92H,3-5,7,9-11,13,15-17,19,21-23,25,27-29,31,33-35,37,39-41,43,45-47,49,51-53,55,57-59,61,63-65,67,69-71,73,75-88H2,1-2H3/b8-6-,14-12-,20-18-,26-24-,32-30-,38-36-,44-42-,50-48-,56-54-,62-60-,68-66-,74-72-. The number of carbonyl (C=O) groups excluding carboxylic acids is 2. The van der Waals surface area contributed by atoms with Gasteiger partial charge in [0, 0.05) is 12.8 Å². The highest BCUT2D eigenvalue weighted by molar-refractivity contribution is 5.70. The van der Waals surface area contributed by atoms with Crippen molar-refractivity contribution in [3.63, 3.8) is 0 Å². The number of rotatable bonds is 76. The Hall–Kier alpha value is -4.22. The van der Waals surface area contributed by atoms with E-state index in [0.717, 1.165) is 128 Å². The molecule has 5 nitrogen and oxygen atoms in total. The van der Waals surface area contributed by atoms with Gasteiger partial charge in [-0.15, -0.1) is 0 Å². The van der Waals surface area contributed by atoms with Crippen LogP contribution >= 0.6 is 0 Å². The lowest BCUT2D eigenvalue weighted by Crippen LogP contribution is -2.28. The molecule has 0 fully saturated rings. The van der Waals surface area contributed by atoms with E-state index in [2.05, 4.69) is 160 Å². The van der Waals surface area contributed by atoms with Crippen molar-refractivity contribution in [2.75, 3.05) is 13.2 Å². The van der Waals surface area contributed by atoms with Crippen LogP contribution in [0, 0.1) is 0 Å². The summed E-state index contributed by atoms with van der Waals surface area (Å²) in [5.41, 5.74) is 0. The lowest BCUT2D eigenvalue weighted by Gasteiger charge is -2.15. The molecule has 0 bridgehead atoms. The summed E-state index contributed by atoms with van der Waals surface area (Å²) in [7, 11) is 0. The van der Waals surface area contributed by atoms with Gasteiger partial charge in [-0.1, -0.05) is 429 Å². The summed E-state index contributed by atoms with van der Waals surface area (Å²) in [4.78, 5) is 24.7. The van der Waals surface area contributed by atoms with E-state index >= 15 is 0 Å². The molecule has 1 N–H and O–H groups in total. The Morgan fingerprint density at radius 1 is 0.250 bits per heavy atom. The Bertz CT molecular complexity index is 1950. The predicted molar refractivity (Wildman–Crippen MR) is 426 cm³/mol. The van der Waals surface area contributed by atoms with E-state index in [9.17, 15) is 14.7 Å². The molecular formula is C91H156O5. The van der Waals surface area contributed by atoms with Crippen LogP contribution in [0.1, 0.15) is 399 Å². The van der Waals surface area contributed by atoms with Gasteiger partial charge in [0.25, 0.3) is 0 Å². The fourth-order valence-electron chi connectivity index (χ4n) is 12.0. The summed E-state index contributed by atoms with van der Waals surface area (Å²) in [5.74, 6) is -0.613. The molecule has 0 amide bonds. The minimum absolute atomic E-state index is 0.0809. The van der Waals surface area contributed by atoms with Crippen LogP contribution in [0.4, 0.5) is 0 Å². The van der Waals surface area contributed by atoms with Crippen molar-refractivity contribution >= 4 is 11.9 Å². The maximum Gasteiger partial charge on any atom is 0.306 e. The number of hydrogen-bond donors (Lipinski definition) is 1. The summed E-state index contributed by atoms with van der Waals surface area (Å²) < 4.78 is 10.8. The Labute approximate surface area is 597 Å². The van der Waals surface area contributed by atoms with Crippen LogP contribution in [0.2, 0.25) is 0 Å². The van der Waals surface area contributed by atoms with Crippen molar-refractivity contribution in [2.45, 2.75) is 405 Å². The second kappa shape index (κ2) is 85.0. The van der Waals surface area contributed by atoms with E-state index in [4.69, 9.17) is 9.47 Å². The first-order chi connectivity index (χ1) is 47.6. The molecule has 0 saturated carbocycles. The van der Waals surface area contributed by atoms with Gasteiger partial charge >= 0.3 is 11.9 Å². The van der Waals surface area contributed by atoms with E-state index in [0.29, 0.717) is 12.8 Å². The normalized spacial score (nSPS) is 13.0. The molecule has 0 aromatic rings. The van der Waals surface area contributed by atoms with E-state index in [1.165, 1.54) is 244 Å². The maximum atomic E-state index is 12.4. The van der Waals surface area contributed by atoms with E-state index in [1.54, 1.807) is 0 Å². The SMILES string of the molecule is CC/C=C\C/C=C\C/C=C\C/C=C\C/C=C\C/C=C\C/C=C\C/C=C\C/C=C\C/C=C\C/C=C\C/C=C\CCCCCCC(=O)OC(CO)COC(=O)CCCCCCCCCCCCCCCCCCCCCCCCCCCCCCCCCCCCCCCCCCC. The van der Waals surface area contributed by atoms with E-state index in [1.807, 2.05) is 0 Å². The molecule has 0 rings (SSSR count). The molecule has 5 heteroatoms. The quantitative estimate of drug-likeness (QED) is 0.0373. The minimum Gasteiger partial charge on any atom is -0.462 e. The molecule has 0 aromatic carbocycles. The Kier molecular flexibility index (Phi) is 81.3. The number of unbranched alkanes of at least 4 members (excludes halogenated alkanes) is 44. The number of carbonyl (C=O) groups is 2. The van der Waals surface area contributed by atoms with Crippen molar-refractivity contribution in [2.24, 2.45) is 0 Å². The first kappa shape index (κ1) is 91.8. The molecule has 1 atom stereocenters. The van der Waals surface area contributed by atoms with Crippen LogP contribution < -0.4 is 0 Å².